The van der Waals surface area contributed by atoms with E-state index in [4.69, 9.17) is 25.4 Å². The molecular formula is C33H45N7O8. The summed E-state index contributed by atoms with van der Waals surface area (Å²) in [6.07, 6.45) is 2.93. The van der Waals surface area contributed by atoms with Gasteiger partial charge in [0.05, 0.1) is 13.0 Å². The summed E-state index contributed by atoms with van der Waals surface area (Å²) in [6.45, 7) is 2.53. The van der Waals surface area contributed by atoms with E-state index in [1.807, 2.05) is 12.1 Å². The number of nitrogens with one attached hydrogen (secondary N) is 4. The van der Waals surface area contributed by atoms with Crippen LogP contribution in [0.15, 0.2) is 24.0 Å². The summed E-state index contributed by atoms with van der Waals surface area (Å²) in [5, 5.41) is 25.2. The van der Waals surface area contributed by atoms with Crippen molar-refractivity contribution in [1.82, 2.24) is 25.8 Å². The summed E-state index contributed by atoms with van der Waals surface area (Å²) in [4.78, 5) is 55.2. The molecule has 48 heavy (non-hydrogen) atoms. The third-order valence-corrected chi connectivity index (χ3v) is 10.8. The maximum atomic E-state index is 14.0. The van der Waals surface area contributed by atoms with Gasteiger partial charge in [0.1, 0.15) is 18.0 Å². The molecule has 7 N–H and O–H groups in total. The van der Waals surface area contributed by atoms with Gasteiger partial charge in [-0.25, -0.2) is 4.79 Å². The van der Waals surface area contributed by atoms with Crippen LogP contribution in [0.3, 0.4) is 0 Å². The maximum absolute atomic E-state index is 14.0. The molecule has 3 amide bonds. The van der Waals surface area contributed by atoms with Crippen LogP contribution in [0.5, 0.6) is 11.5 Å². The van der Waals surface area contributed by atoms with E-state index >= 15 is 0 Å². The first-order valence-corrected chi connectivity index (χ1v) is 16.6. The first-order valence-electron chi connectivity index (χ1n) is 16.6. The fraction of sp³-hybridized carbons (Fsp3) is 0.606. The van der Waals surface area contributed by atoms with Crippen LogP contribution in [-0.2, 0) is 31.0 Å². The highest BCUT2D eigenvalue weighted by molar-refractivity contribution is 5.87. The van der Waals surface area contributed by atoms with Crippen molar-refractivity contribution in [3.8, 4) is 11.5 Å². The number of piperidine rings is 2. The number of aliphatic carboxylic acids is 1. The molecule has 2 aliphatic carbocycles. The molecule has 2 fully saturated rings. The number of likely N-dealkylation sites (tertiary alicyclic amines) is 2. The summed E-state index contributed by atoms with van der Waals surface area (Å²) in [5.41, 5.74) is 7.33. The summed E-state index contributed by atoms with van der Waals surface area (Å²) < 4.78 is 18.6. The number of likely N-dealkylation sites (N-methyl/N-ethyl adjacent to an activating group) is 1. The number of methoxy groups -OCH3 is 1. The lowest BCUT2D eigenvalue weighted by atomic mass is 9.53. The lowest BCUT2D eigenvalue weighted by Gasteiger charge is -2.56. The van der Waals surface area contributed by atoms with E-state index in [0.29, 0.717) is 42.7 Å². The van der Waals surface area contributed by atoms with E-state index in [2.05, 4.69) is 34.0 Å². The molecule has 3 heterocycles. The van der Waals surface area contributed by atoms with Crippen LogP contribution in [0.4, 0.5) is 4.79 Å². The number of benzene rings is 1. The highest BCUT2D eigenvalue weighted by atomic mass is 16.6. The Hall–Kier alpha value is -4.53. The number of nitrogens with two attached hydrogens (primary N) is 1. The van der Waals surface area contributed by atoms with Gasteiger partial charge in [-0.2, -0.15) is 0 Å². The smallest absolute Gasteiger partial charge is 0.416 e. The third-order valence-electron chi connectivity index (χ3n) is 10.8. The van der Waals surface area contributed by atoms with Gasteiger partial charge in [0.15, 0.2) is 23.6 Å². The van der Waals surface area contributed by atoms with Gasteiger partial charge < -0.3 is 45.9 Å². The fourth-order valence-electron chi connectivity index (χ4n) is 8.58. The number of carbonyl (C=O) groups excluding carboxylic acids is 3. The van der Waals surface area contributed by atoms with E-state index in [9.17, 15) is 24.3 Å². The van der Waals surface area contributed by atoms with Crippen molar-refractivity contribution in [2.75, 3.05) is 33.8 Å². The largest absolute Gasteiger partial charge is 0.493 e. The Morgan fingerprint density at radius 3 is 2.75 bits per heavy atom. The molecule has 15 nitrogen and oxygen atoms in total. The lowest BCUT2D eigenvalue weighted by Crippen LogP contribution is -2.63. The number of hydrogen-bond acceptors (Lipinski definition) is 9. The molecule has 0 aromatic heterocycles. The Kier molecular flexibility index (Phi) is 9.16. The Morgan fingerprint density at radius 2 is 2.04 bits per heavy atom. The van der Waals surface area contributed by atoms with Crippen LogP contribution >= 0.6 is 0 Å². The van der Waals surface area contributed by atoms with Crippen LogP contribution in [0.25, 0.3) is 0 Å². The molecule has 1 aromatic carbocycles. The van der Waals surface area contributed by atoms with Crippen molar-refractivity contribution in [3.05, 3.63) is 35.1 Å². The van der Waals surface area contributed by atoms with Crippen molar-refractivity contribution in [2.24, 2.45) is 17.6 Å². The van der Waals surface area contributed by atoms with Gasteiger partial charge in [-0.05, 0) is 82.2 Å². The van der Waals surface area contributed by atoms with Gasteiger partial charge in [-0.3, -0.25) is 24.7 Å². The number of amides is 3. The molecule has 5 aliphatic rings. The van der Waals surface area contributed by atoms with Crippen LogP contribution in [0.2, 0.25) is 0 Å². The number of carbonyl (C=O) groups is 4. The predicted molar refractivity (Wildman–Crippen MR) is 172 cm³/mol. The normalized spacial score (nSPS) is 28.9. The van der Waals surface area contributed by atoms with Gasteiger partial charge in [0.2, 0.25) is 11.8 Å². The molecule has 1 spiro atoms. The van der Waals surface area contributed by atoms with Gasteiger partial charge in [0, 0.05) is 37.0 Å². The van der Waals surface area contributed by atoms with E-state index < -0.39 is 48.1 Å². The molecule has 0 radical (unpaired) electrons. The number of allylic oxidation sites excluding steroid dienone is 1. The Bertz CT molecular complexity index is 1530. The predicted octanol–water partition coefficient (Wildman–Crippen LogP) is 1.00. The first kappa shape index (κ1) is 33.4. The van der Waals surface area contributed by atoms with Crippen molar-refractivity contribution in [1.29, 1.82) is 5.41 Å². The van der Waals surface area contributed by atoms with Gasteiger partial charge in [-0.1, -0.05) is 6.07 Å². The van der Waals surface area contributed by atoms with Gasteiger partial charge in [-0.15, -0.1) is 0 Å². The standard InChI is InChI=1S/C33H45N7O8/c1-17(41)37-21(5-4-12-36-31(34)35)29(42)38-25-16-19(30(43)44)10-13-40(25)32(45)47-24-9-7-20-22-15-18-6-8-23(46-3)27-26(18)33(20,28(24)48-27)11-14-39(22)2/h6,8-9,19-22,25,28H,4-5,7,10-16H2,1-3H3,(H,37,41)(H,38,42)(H,43,44)(H4,34,35,36)/t19?,20-,21-,22+,25?,28-,33-/m0/s1. The molecule has 7 atom stereocenters. The zero-order valence-electron chi connectivity index (χ0n) is 27.5. The van der Waals surface area contributed by atoms with Crippen LogP contribution in [0, 0.1) is 17.2 Å². The first-order chi connectivity index (χ1) is 22.9. The van der Waals surface area contributed by atoms with Gasteiger partial charge >= 0.3 is 12.1 Å². The van der Waals surface area contributed by atoms with Crippen molar-refractivity contribution < 1.29 is 38.5 Å². The van der Waals surface area contributed by atoms with Crippen LogP contribution in [0.1, 0.15) is 56.6 Å². The van der Waals surface area contributed by atoms with Crippen molar-refractivity contribution >= 4 is 29.8 Å². The molecular weight excluding hydrogens is 622 g/mol. The number of ether oxygens (including phenoxy) is 3. The fourth-order valence-corrected chi connectivity index (χ4v) is 8.58. The zero-order valence-corrected chi connectivity index (χ0v) is 27.5. The van der Waals surface area contributed by atoms with Crippen molar-refractivity contribution in [3.63, 3.8) is 0 Å². The summed E-state index contributed by atoms with van der Waals surface area (Å²) >= 11 is 0. The van der Waals surface area contributed by atoms with Crippen LogP contribution < -0.4 is 31.2 Å². The minimum absolute atomic E-state index is 0.0279. The lowest BCUT2D eigenvalue weighted by molar-refractivity contribution is -0.145. The average Bonchev–Trinajstić information content (AvgIpc) is 3.40. The van der Waals surface area contributed by atoms with Crippen LogP contribution in [-0.4, -0.2) is 103 Å². The SMILES string of the molecule is COc1ccc2c3c1O[C@H]1C(OC(=O)N4CCC(C(=O)O)CC4NC(=O)[C@H](CCCNC(=N)N)NC(C)=O)=CC[C@H]4[C@@H](C2)N(C)CC[C@]314. The van der Waals surface area contributed by atoms with E-state index in [-0.39, 0.29) is 43.1 Å². The Labute approximate surface area is 279 Å². The van der Waals surface area contributed by atoms with E-state index in [1.165, 1.54) is 17.4 Å². The molecule has 15 heteroatoms. The van der Waals surface area contributed by atoms with E-state index in [1.54, 1.807) is 7.11 Å². The zero-order chi connectivity index (χ0) is 34.3. The summed E-state index contributed by atoms with van der Waals surface area (Å²) in [7, 11) is 3.77. The highest BCUT2D eigenvalue weighted by Crippen LogP contribution is 2.63. The monoisotopic (exact) mass is 667 g/mol. The molecule has 6 rings (SSSR count). The second kappa shape index (κ2) is 13.2. The summed E-state index contributed by atoms with van der Waals surface area (Å²) in [5.74, 6) is -0.985. The number of hydrogen-bond donors (Lipinski definition) is 6. The maximum Gasteiger partial charge on any atom is 0.416 e. The second-order valence-corrected chi connectivity index (χ2v) is 13.5. The minimum Gasteiger partial charge on any atom is -0.493 e. The molecule has 2 bridgehead atoms. The Balaban J connectivity index is 1.23. The third kappa shape index (κ3) is 5.88. The van der Waals surface area contributed by atoms with Gasteiger partial charge in [0.25, 0.3) is 0 Å². The number of nitrogens with zero attached hydrogens (tertiary/aromatic N) is 2. The molecule has 2 unspecified atom stereocenters. The quantitative estimate of drug-likeness (QED) is 0.118. The molecule has 0 saturated carbocycles. The number of carboxylic acid groups (broad SMARTS) is 1. The molecule has 3 aliphatic heterocycles. The summed E-state index contributed by atoms with van der Waals surface area (Å²) in [6, 6.07) is 3.41. The average molecular weight is 668 g/mol. The number of guanidine groups is 1. The number of rotatable bonds is 10. The van der Waals surface area contributed by atoms with E-state index in [0.717, 1.165) is 24.9 Å². The highest BCUT2D eigenvalue weighted by Gasteiger charge is 2.65. The molecule has 260 valence electrons. The molecule has 2 saturated heterocycles. The topological polar surface area (TPSA) is 209 Å². The Morgan fingerprint density at radius 1 is 1.25 bits per heavy atom. The minimum atomic E-state index is -1.02. The van der Waals surface area contributed by atoms with Crippen molar-refractivity contribution in [2.45, 2.75) is 81.6 Å². The second-order valence-electron chi connectivity index (χ2n) is 13.5. The number of carboxylic acids is 1. The molecule has 1 aromatic rings.